The largest absolute Gasteiger partial charge is 0.345 e. The van der Waals surface area contributed by atoms with Crippen molar-refractivity contribution in [1.29, 1.82) is 0 Å². The lowest BCUT2D eigenvalue weighted by Gasteiger charge is -2.29. The highest BCUT2D eigenvalue weighted by Gasteiger charge is 2.28. The Labute approximate surface area is 140 Å². The van der Waals surface area contributed by atoms with Crippen LogP contribution in [0.3, 0.4) is 0 Å². The maximum atomic E-state index is 14.0. The number of hydrogen-bond donors (Lipinski definition) is 2. The first kappa shape index (κ1) is 17.4. The zero-order valence-corrected chi connectivity index (χ0v) is 14.1. The van der Waals surface area contributed by atoms with Crippen molar-refractivity contribution < 1.29 is 9.18 Å². The van der Waals surface area contributed by atoms with Gasteiger partial charge >= 0.3 is 0 Å². The van der Waals surface area contributed by atoms with E-state index in [1.807, 2.05) is 26.0 Å². The molecule has 1 atom stereocenters. The molecule has 1 amide bonds. The molecular weight excluding hydrogens is 315 g/mol. The highest BCUT2D eigenvalue weighted by Crippen LogP contribution is 2.25. The highest BCUT2D eigenvalue weighted by atomic mass is 35.5. The van der Waals surface area contributed by atoms with E-state index in [-0.39, 0.29) is 5.91 Å². The van der Waals surface area contributed by atoms with E-state index >= 15 is 0 Å². The van der Waals surface area contributed by atoms with E-state index in [0.717, 1.165) is 5.56 Å². The van der Waals surface area contributed by atoms with Gasteiger partial charge in [-0.05, 0) is 44.7 Å². The number of hydrogen-bond acceptors (Lipinski definition) is 2. The molecule has 2 N–H and O–H groups in total. The average molecular weight is 335 g/mol. The summed E-state index contributed by atoms with van der Waals surface area (Å²) in [6.07, 6.45) is 0. The highest BCUT2D eigenvalue weighted by molar-refractivity contribution is 6.30. The Morgan fingerprint density at radius 1 is 1.17 bits per heavy atom. The van der Waals surface area contributed by atoms with Crippen LogP contribution in [0.4, 0.5) is 4.39 Å². The van der Waals surface area contributed by atoms with Gasteiger partial charge in [0.1, 0.15) is 11.9 Å². The SMILES string of the molecule is CNC(C(=O)NC(C)(C)c1cccc(Cl)c1)c1ccccc1F. The third-order valence-electron chi connectivity index (χ3n) is 3.75. The molecule has 0 saturated heterocycles. The van der Waals surface area contributed by atoms with Crippen molar-refractivity contribution in [3.8, 4) is 0 Å². The number of nitrogens with one attached hydrogen (secondary N) is 2. The fourth-order valence-corrected chi connectivity index (χ4v) is 2.66. The van der Waals surface area contributed by atoms with E-state index in [9.17, 15) is 9.18 Å². The molecule has 1 unspecified atom stereocenters. The topological polar surface area (TPSA) is 41.1 Å². The maximum Gasteiger partial charge on any atom is 0.242 e. The maximum absolute atomic E-state index is 14.0. The third-order valence-corrected chi connectivity index (χ3v) is 3.98. The van der Waals surface area contributed by atoms with E-state index in [0.29, 0.717) is 10.6 Å². The first-order chi connectivity index (χ1) is 10.8. The molecular formula is C18H20ClFN2O. The molecule has 0 heterocycles. The lowest BCUT2D eigenvalue weighted by Crippen LogP contribution is -2.46. The molecule has 0 bridgehead atoms. The molecule has 0 aromatic heterocycles. The van der Waals surface area contributed by atoms with Crippen LogP contribution in [-0.2, 0) is 10.3 Å². The first-order valence-corrected chi connectivity index (χ1v) is 7.72. The summed E-state index contributed by atoms with van der Waals surface area (Å²) in [7, 11) is 1.63. The number of likely N-dealkylation sites (N-methyl/N-ethyl adjacent to an activating group) is 1. The summed E-state index contributed by atoms with van der Waals surface area (Å²) in [6.45, 7) is 3.76. The average Bonchev–Trinajstić information content (AvgIpc) is 2.49. The van der Waals surface area contributed by atoms with Crippen molar-refractivity contribution in [2.75, 3.05) is 7.05 Å². The molecule has 23 heavy (non-hydrogen) atoms. The van der Waals surface area contributed by atoms with Crippen LogP contribution in [-0.4, -0.2) is 13.0 Å². The first-order valence-electron chi connectivity index (χ1n) is 7.35. The molecule has 0 radical (unpaired) electrons. The van der Waals surface area contributed by atoms with Crippen LogP contribution in [0.1, 0.15) is 31.0 Å². The zero-order chi connectivity index (χ0) is 17.0. The molecule has 122 valence electrons. The summed E-state index contributed by atoms with van der Waals surface area (Å²) in [4.78, 5) is 12.6. The Morgan fingerprint density at radius 3 is 2.48 bits per heavy atom. The predicted molar refractivity (Wildman–Crippen MR) is 90.8 cm³/mol. The minimum absolute atomic E-state index is 0.303. The minimum Gasteiger partial charge on any atom is -0.345 e. The molecule has 2 rings (SSSR count). The number of amides is 1. The van der Waals surface area contributed by atoms with Crippen LogP contribution in [0.2, 0.25) is 5.02 Å². The number of rotatable bonds is 5. The molecule has 2 aromatic carbocycles. The van der Waals surface area contributed by atoms with Crippen LogP contribution >= 0.6 is 11.6 Å². The Hall–Kier alpha value is -1.91. The van der Waals surface area contributed by atoms with E-state index in [4.69, 9.17) is 11.6 Å². The van der Waals surface area contributed by atoms with E-state index in [1.165, 1.54) is 6.07 Å². The van der Waals surface area contributed by atoms with Crippen LogP contribution < -0.4 is 10.6 Å². The normalized spacial score (nSPS) is 12.7. The van der Waals surface area contributed by atoms with Crippen molar-refractivity contribution in [3.05, 3.63) is 70.5 Å². The molecule has 0 spiro atoms. The quantitative estimate of drug-likeness (QED) is 0.873. The molecule has 0 aliphatic heterocycles. The Morgan fingerprint density at radius 2 is 1.87 bits per heavy atom. The summed E-state index contributed by atoms with van der Waals surface area (Å²) in [6, 6.07) is 12.8. The summed E-state index contributed by atoms with van der Waals surface area (Å²) in [5, 5.41) is 6.42. The van der Waals surface area contributed by atoms with Crippen molar-refractivity contribution in [3.63, 3.8) is 0 Å². The van der Waals surface area contributed by atoms with Crippen LogP contribution in [0, 0.1) is 5.82 Å². The van der Waals surface area contributed by atoms with Gasteiger partial charge in [-0.15, -0.1) is 0 Å². The van der Waals surface area contributed by atoms with E-state index < -0.39 is 17.4 Å². The van der Waals surface area contributed by atoms with Gasteiger partial charge in [-0.2, -0.15) is 0 Å². The molecule has 5 heteroatoms. The van der Waals surface area contributed by atoms with Gasteiger partial charge in [0.2, 0.25) is 5.91 Å². The van der Waals surface area contributed by atoms with Gasteiger partial charge in [-0.3, -0.25) is 4.79 Å². The van der Waals surface area contributed by atoms with Gasteiger partial charge in [-0.1, -0.05) is 41.9 Å². The monoisotopic (exact) mass is 334 g/mol. The summed E-state index contributed by atoms with van der Waals surface area (Å²) < 4.78 is 14.0. The van der Waals surface area contributed by atoms with Gasteiger partial charge in [0.05, 0.1) is 5.54 Å². The van der Waals surface area contributed by atoms with Gasteiger partial charge in [0.25, 0.3) is 0 Å². The van der Waals surface area contributed by atoms with Gasteiger partial charge < -0.3 is 10.6 Å². The standard InChI is InChI=1S/C18H20ClFN2O/c1-18(2,12-7-6-8-13(19)11-12)22-17(23)16(21-3)14-9-4-5-10-15(14)20/h4-11,16,21H,1-3H3,(H,22,23). The van der Waals surface area contributed by atoms with Gasteiger partial charge in [-0.25, -0.2) is 4.39 Å². The van der Waals surface area contributed by atoms with E-state index in [2.05, 4.69) is 10.6 Å². The summed E-state index contributed by atoms with van der Waals surface area (Å²) >= 11 is 6.02. The number of carbonyl (C=O) groups excluding carboxylic acids is 1. The van der Waals surface area contributed by atoms with Crippen molar-refractivity contribution in [2.24, 2.45) is 0 Å². The van der Waals surface area contributed by atoms with E-state index in [1.54, 1.807) is 37.4 Å². The predicted octanol–water partition coefficient (Wildman–Crippen LogP) is 3.79. The van der Waals surface area contributed by atoms with Crippen LogP contribution in [0.15, 0.2) is 48.5 Å². The smallest absolute Gasteiger partial charge is 0.242 e. The second-order valence-electron chi connectivity index (χ2n) is 5.87. The minimum atomic E-state index is -0.769. The fourth-order valence-electron chi connectivity index (χ4n) is 2.47. The Balaban J connectivity index is 2.24. The zero-order valence-electron chi connectivity index (χ0n) is 13.4. The van der Waals surface area contributed by atoms with Crippen molar-refractivity contribution in [1.82, 2.24) is 10.6 Å². The number of halogens is 2. The second kappa shape index (κ2) is 7.11. The molecule has 0 aliphatic rings. The van der Waals surface area contributed by atoms with Crippen molar-refractivity contribution >= 4 is 17.5 Å². The number of carbonyl (C=O) groups is 1. The number of benzene rings is 2. The Kier molecular flexibility index (Phi) is 5.39. The van der Waals surface area contributed by atoms with Gasteiger partial charge in [0, 0.05) is 10.6 Å². The third kappa shape index (κ3) is 4.09. The molecule has 2 aromatic rings. The van der Waals surface area contributed by atoms with Crippen LogP contribution in [0.25, 0.3) is 0 Å². The molecule has 0 aliphatic carbocycles. The molecule has 0 saturated carbocycles. The summed E-state index contributed by atoms with van der Waals surface area (Å²) in [5.74, 6) is -0.717. The van der Waals surface area contributed by atoms with Gasteiger partial charge in [0.15, 0.2) is 0 Å². The second-order valence-corrected chi connectivity index (χ2v) is 6.30. The van der Waals surface area contributed by atoms with Crippen LogP contribution in [0.5, 0.6) is 0 Å². The lowest BCUT2D eigenvalue weighted by atomic mass is 9.93. The fraction of sp³-hybridized carbons (Fsp3) is 0.278. The van der Waals surface area contributed by atoms with Crippen molar-refractivity contribution in [2.45, 2.75) is 25.4 Å². The summed E-state index contributed by atoms with van der Waals surface area (Å²) in [5.41, 5.74) is 0.554. The lowest BCUT2D eigenvalue weighted by molar-refractivity contribution is -0.125. The Bertz CT molecular complexity index is 703. The molecule has 3 nitrogen and oxygen atoms in total. The molecule has 0 fully saturated rings.